The lowest BCUT2D eigenvalue weighted by Gasteiger charge is -2.61. The fraction of sp³-hybridized carbons (Fsp3) is 0.821. The van der Waals surface area contributed by atoms with Gasteiger partial charge in [-0.2, -0.15) is 0 Å². The lowest BCUT2D eigenvalue weighted by molar-refractivity contribution is -0.191. The van der Waals surface area contributed by atoms with E-state index in [2.05, 4.69) is 31.0 Å². The van der Waals surface area contributed by atoms with Crippen molar-refractivity contribution in [2.45, 2.75) is 84.8 Å². The van der Waals surface area contributed by atoms with E-state index in [9.17, 15) is 19.5 Å². The van der Waals surface area contributed by atoms with Crippen LogP contribution in [0.25, 0.3) is 0 Å². The van der Waals surface area contributed by atoms with E-state index >= 15 is 0 Å². The molecule has 2 amide bonds. The van der Waals surface area contributed by atoms with Gasteiger partial charge in [0.15, 0.2) is 0 Å². The number of hydrogen-bond acceptors (Lipinski definition) is 6. The van der Waals surface area contributed by atoms with E-state index in [1.54, 1.807) is 6.08 Å². The molecule has 2 N–H and O–H groups in total. The Morgan fingerprint density at radius 2 is 1.83 bits per heavy atom. The smallest absolute Gasteiger partial charge is 0.414 e. The SMILES string of the molecule is C[C@@H]1CCC23CCC(=O)C2[C@]1(C)[C@H](OC(=O)NC(=O)C1CCN(C)CC1)C[C@@](C)(/C=C/Cl)[C@@H](O)[C@@H]3C. The number of nitrogens with one attached hydrogen (secondary N) is 1. The van der Waals surface area contributed by atoms with Crippen LogP contribution in [0.2, 0.25) is 0 Å². The van der Waals surface area contributed by atoms with Gasteiger partial charge < -0.3 is 14.7 Å². The summed E-state index contributed by atoms with van der Waals surface area (Å²) in [5.41, 5.74) is -0.294. The van der Waals surface area contributed by atoms with E-state index in [-0.39, 0.29) is 40.8 Å². The van der Waals surface area contributed by atoms with Gasteiger partial charge in [0, 0.05) is 34.6 Å². The van der Waals surface area contributed by atoms with E-state index < -0.39 is 29.1 Å². The summed E-state index contributed by atoms with van der Waals surface area (Å²) in [4.78, 5) is 41.7. The number of carbonyl (C=O) groups is 3. The Kier molecular flexibility index (Phi) is 7.69. The van der Waals surface area contributed by atoms with Crippen LogP contribution in [0.3, 0.4) is 0 Å². The predicted molar refractivity (Wildman–Crippen MR) is 138 cm³/mol. The molecule has 0 aromatic carbocycles. The Bertz CT molecular complexity index is 918. The summed E-state index contributed by atoms with van der Waals surface area (Å²) in [5, 5.41) is 14.2. The first-order valence-electron chi connectivity index (χ1n) is 13.6. The standard InChI is InChI=1S/C28H43ClN2O5/c1-17-6-10-28-11-7-20(32)22(28)27(17,4)21(16-26(3,12-13-29)23(33)18(28)2)36-25(35)30-24(34)19-8-14-31(5)15-9-19/h12-13,17-19,21-23,33H,6-11,14-16H2,1-5H3,(H,30,34,35)/b13-12+/t17-,18+,21-,22?,23+,26-,27+,28?/m1/s1. The molecule has 3 aliphatic carbocycles. The van der Waals surface area contributed by atoms with Gasteiger partial charge in [0.05, 0.1) is 6.10 Å². The summed E-state index contributed by atoms with van der Waals surface area (Å²) in [6.07, 6.45) is 4.33. The van der Waals surface area contributed by atoms with E-state index in [0.29, 0.717) is 25.7 Å². The van der Waals surface area contributed by atoms with Crippen LogP contribution in [-0.4, -0.2) is 60.1 Å². The molecule has 0 aromatic rings. The van der Waals surface area contributed by atoms with Gasteiger partial charge in [-0.1, -0.05) is 45.4 Å². The van der Waals surface area contributed by atoms with Crippen LogP contribution >= 0.6 is 11.6 Å². The second kappa shape index (κ2) is 10.0. The number of hydrogen-bond donors (Lipinski definition) is 2. The molecule has 2 bridgehead atoms. The highest BCUT2D eigenvalue weighted by atomic mass is 35.5. The van der Waals surface area contributed by atoms with E-state index in [1.807, 2.05) is 14.0 Å². The highest BCUT2D eigenvalue weighted by Crippen LogP contribution is 2.68. The number of imide groups is 1. The van der Waals surface area contributed by atoms with Gasteiger partial charge in [-0.15, -0.1) is 0 Å². The zero-order valence-electron chi connectivity index (χ0n) is 22.4. The van der Waals surface area contributed by atoms with Gasteiger partial charge in [0.25, 0.3) is 0 Å². The van der Waals surface area contributed by atoms with Crippen LogP contribution in [0.1, 0.15) is 72.6 Å². The summed E-state index contributed by atoms with van der Waals surface area (Å²) >= 11 is 6.05. The van der Waals surface area contributed by atoms with Gasteiger partial charge in [-0.3, -0.25) is 14.9 Å². The van der Waals surface area contributed by atoms with Gasteiger partial charge in [-0.25, -0.2) is 4.79 Å². The number of rotatable bonds is 3. The number of carbonyl (C=O) groups excluding carboxylic acids is 3. The molecule has 7 nitrogen and oxygen atoms in total. The molecule has 1 heterocycles. The van der Waals surface area contributed by atoms with E-state index in [4.69, 9.17) is 16.3 Å². The molecule has 0 spiro atoms. The van der Waals surface area contributed by atoms with E-state index in [0.717, 1.165) is 32.4 Å². The number of likely N-dealkylation sites (tertiary alicyclic amines) is 1. The Morgan fingerprint density at radius 1 is 1.17 bits per heavy atom. The van der Waals surface area contributed by atoms with Gasteiger partial charge in [0.1, 0.15) is 11.9 Å². The number of alkyl carbamates (subject to hydrolysis) is 1. The largest absolute Gasteiger partial charge is 0.445 e. The Morgan fingerprint density at radius 3 is 2.47 bits per heavy atom. The van der Waals surface area contributed by atoms with Crippen LogP contribution in [0, 0.1) is 39.9 Å². The molecule has 4 fully saturated rings. The number of piperidine rings is 1. The Hall–Kier alpha value is -1.44. The van der Waals surface area contributed by atoms with Crippen molar-refractivity contribution in [2.24, 2.45) is 39.9 Å². The predicted octanol–water partition coefficient (Wildman–Crippen LogP) is 4.51. The molecule has 3 saturated carbocycles. The number of halogens is 1. The molecule has 4 rings (SSSR count). The highest BCUT2D eigenvalue weighted by molar-refractivity contribution is 6.25. The molecule has 36 heavy (non-hydrogen) atoms. The third-order valence-electron chi connectivity index (χ3n) is 10.8. The zero-order valence-corrected chi connectivity index (χ0v) is 23.1. The fourth-order valence-corrected chi connectivity index (χ4v) is 8.53. The molecule has 0 aromatic heterocycles. The lowest BCUT2D eigenvalue weighted by atomic mass is 9.44. The summed E-state index contributed by atoms with van der Waals surface area (Å²) < 4.78 is 6.13. The van der Waals surface area contributed by atoms with Crippen LogP contribution < -0.4 is 5.32 Å². The van der Waals surface area contributed by atoms with E-state index in [1.165, 1.54) is 5.54 Å². The van der Waals surface area contributed by atoms with Crippen LogP contribution in [0.4, 0.5) is 4.79 Å². The van der Waals surface area contributed by atoms with Crippen molar-refractivity contribution >= 4 is 29.4 Å². The number of aliphatic hydroxyl groups is 1. The molecule has 0 radical (unpaired) electrons. The number of ether oxygens (including phenoxy) is 1. The summed E-state index contributed by atoms with van der Waals surface area (Å²) in [5.74, 6) is -0.594. The van der Waals surface area contributed by atoms with Gasteiger partial charge in [0.2, 0.25) is 5.91 Å². The Balaban J connectivity index is 1.67. The fourth-order valence-electron chi connectivity index (χ4n) is 8.24. The first-order valence-corrected chi connectivity index (χ1v) is 14.0. The molecule has 8 atom stereocenters. The summed E-state index contributed by atoms with van der Waals surface area (Å²) in [6.45, 7) is 9.88. The molecule has 1 saturated heterocycles. The van der Waals surface area contributed by atoms with Crippen molar-refractivity contribution in [1.29, 1.82) is 0 Å². The minimum Gasteiger partial charge on any atom is -0.445 e. The van der Waals surface area contributed by atoms with Gasteiger partial charge in [-0.05, 0) is 75.9 Å². The number of amides is 2. The van der Waals surface area contributed by atoms with Crippen molar-refractivity contribution in [1.82, 2.24) is 10.2 Å². The molecule has 4 aliphatic rings. The topological polar surface area (TPSA) is 95.9 Å². The average Bonchev–Trinajstić information content (AvgIpc) is 3.18. The number of ketones is 1. The third kappa shape index (κ3) is 4.43. The first-order chi connectivity index (χ1) is 16.9. The van der Waals surface area contributed by atoms with Crippen molar-refractivity contribution in [2.75, 3.05) is 20.1 Å². The quantitative estimate of drug-likeness (QED) is 0.566. The minimum atomic E-state index is -0.765. The lowest BCUT2D eigenvalue weighted by Crippen LogP contribution is -2.63. The van der Waals surface area contributed by atoms with Crippen molar-refractivity contribution in [3.05, 3.63) is 11.6 Å². The summed E-state index contributed by atoms with van der Waals surface area (Å²) in [6, 6.07) is 0. The molecule has 1 aliphatic heterocycles. The first kappa shape index (κ1) is 27.6. The highest BCUT2D eigenvalue weighted by Gasteiger charge is 2.68. The number of nitrogens with zero attached hydrogens (tertiary/aromatic N) is 1. The van der Waals surface area contributed by atoms with Crippen molar-refractivity contribution in [3.63, 3.8) is 0 Å². The molecule has 202 valence electrons. The van der Waals surface area contributed by atoms with Crippen LogP contribution in [0.15, 0.2) is 11.6 Å². The Labute approximate surface area is 220 Å². The average molecular weight is 523 g/mol. The maximum Gasteiger partial charge on any atom is 0.414 e. The number of aliphatic hydroxyl groups excluding tert-OH is 1. The van der Waals surface area contributed by atoms with Crippen LogP contribution in [-0.2, 0) is 14.3 Å². The third-order valence-corrected chi connectivity index (χ3v) is 11.0. The molecule has 2 unspecified atom stereocenters. The van der Waals surface area contributed by atoms with Crippen molar-refractivity contribution < 1.29 is 24.2 Å². The second-order valence-electron chi connectivity index (χ2n) is 12.6. The second-order valence-corrected chi connectivity index (χ2v) is 12.9. The van der Waals surface area contributed by atoms with Crippen molar-refractivity contribution in [3.8, 4) is 0 Å². The monoisotopic (exact) mass is 522 g/mol. The maximum atomic E-state index is 13.5. The zero-order chi connectivity index (χ0) is 26.5. The summed E-state index contributed by atoms with van der Waals surface area (Å²) in [7, 11) is 2.02. The molecular weight excluding hydrogens is 480 g/mol. The maximum absolute atomic E-state index is 13.5. The molecule has 8 heteroatoms. The minimum absolute atomic E-state index is 0.112. The normalized spacial score (nSPS) is 44.1. The number of Topliss-reactive ketones (excluding diaryl/α,β-unsaturated/α-hetero) is 1. The van der Waals surface area contributed by atoms with Crippen LogP contribution in [0.5, 0.6) is 0 Å². The molecular formula is C28H43ClN2O5. The van der Waals surface area contributed by atoms with Gasteiger partial charge >= 0.3 is 6.09 Å².